The number of hydrogen-bond acceptors (Lipinski definition) is 9. The van der Waals surface area contributed by atoms with Gasteiger partial charge in [-0.2, -0.15) is 0 Å². The number of allylic oxidation sites excluding steroid dienone is 1. The molecule has 0 bridgehead atoms. The number of hydrogen-bond donors (Lipinski definition) is 2. The molecular formula is C23H25N3O6S4. The van der Waals surface area contributed by atoms with Crippen molar-refractivity contribution in [3.8, 4) is 0 Å². The van der Waals surface area contributed by atoms with Gasteiger partial charge in [0, 0.05) is 30.0 Å². The van der Waals surface area contributed by atoms with Gasteiger partial charge in [-0.25, -0.2) is 8.42 Å². The third-order valence-corrected chi connectivity index (χ3v) is 9.13. The predicted molar refractivity (Wildman–Crippen MR) is 150 cm³/mol. The number of sulfone groups is 1. The molecule has 1 aliphatic rings. The summed E-state index contributed by atoms with van der Waals surface area (Å²) in [6.45, 7) is 2.47. The van der Waals surface area contributed by atoms with E-state index in [0.29, 0.717) is 19.6 Å². The lowest BCUT2D eigenvalue weighted by Crippen LogP contribution is -2.40. The summed E-state index contributed by atoms with van der Waals surface area (Å²) in [5.74, 6) is -1.34. The van der Waals surface area contributed by atoms with Crippen molar-refractivity contribution in [2.45, 2.75) is 13.5 Å². The summed E-state index contributed by atoms with van der Waals surface area (Å²) < 4.78 is 26.1. The lowest BCUT2D eigenvalue weighted by atomic mass is 10.2. The second-order valence-corrected chi connectivity index (χ2v) is 12.5. The molecule has 2 heterocycles. The van der Waals surface area contributed by atoms with Crippen LogP contribution >= 0.6 is 35.3 Å². The molecule has 1 fully saturated rings. The minimum absolute atomic E-state index is 0.147. The molecule has 1 aliphatic heterocycles. The van der Waals surface area contributed by atoms with Crippen molar-refractivity contribution < 1.29 is 23.1 Å². The summed E-state index contributed by atoms with van der Waals surface area (Å²) in [4.78, 5) is 39.0. The minimum atomic E-state index is -2.95. The number of carboxylic acids is 1. The molecule has 0 unspecified atom stereocenters. The van der Waals surface area contributed by atoms with E-state index in [-0.39, 0.29) is 25.6 Å². The number of thiazole rings is 1. The summed E-state index contributed by atoms with van der Waals surface area (Å²) in [7, 11) is -2.95. The Labute approximate surface area is 221 Å². The van der Waals surface area contributed by atoms with Crippen LogP contribution in [-0.4, -0.2) is 65.8 Å². The number of thioether (sulfide) groups is 1. The average molecular weight is 568 g/mol. The summed E-state index contributed by atoms with van der Waals surface area (Å²) in [6, 6.07) is 7.61. The highest BCUT2D eigenvalue weighted by Crippen LogP contribution is 2.18. The fourth-order valence-corrected chi connectivity index (χ4v) is 6.73. The zero-order chi connectivity index (χ0) is 26.3. The zero-order valence-corrected chi connectivity index (χ0v) is 22.6. The molecule has 0 spiro atoms. The van der Waals surface area contributed by atoms with Crippen LogP contribution in [0.2, 0.25) is 0 Å². The predicted octanol–water partition coefficient (Wildman–Crippen LogP) is 0.658. The molecule has 0 radical (unpaired) electrons. The molecule has 3 rings (SSSR count). The molecular weight excluding hydrogens is 543 g/mol. The van der Waals surface area contributed by atoms with Crippen LogP contribution in [0.3, 0.4) is 0 Å². The van der Waals surface area contributed by atoms with Gasteiger partial charge in [0.2, 0.25) is 0 Å². The summed E-state index contributed by atoms with van der Waals surface area (Å²) in [5, 5.41) is 11.9. The highest BCUT2D eigenvalue weighted by Gasteiger charge is 2.21. The van der Waals surface area contributed by atoms with Crippen LogP contribution in [0.25, 0.3) is 17.1 Å². The van der Waals surface area contributed by atoms with Crippen molar-refractivity contribution in [1.82, 2.24) is 9.88 Å². The Morgan fingerprint density at radius 2 is 1.89 bits per heavy atom. The van der Waals surface area contributed by atoms with E-state index >= 15 is 0 Å². The molecule has 192 valence electrons. The van der Waals surface area contributed by atoms with Crippen LogP contribution in [0, 0.1) is 0 Å². The van der Waals surface area contributed by atoms with Gasteiger partial charge < -0.3 is 15.3 Å². The molecule has 0 aliphatic carbocycles. The normalized spacial score (nSPS) is 16.7. The Bertz CT molecular complexity index is 1440. The lowest BCUT2D eigenvalue weighted by molar-refractivity contribution is -0.137. The van der Waals surface area contributed by atoms with E-state index in [1.54, 1.807) is 25.2 Å². The Morgan fingerprint density at radius 1 is 1.22 bits per heavy atom. The van der Waals surface area contributed by atoms with Crippen LogP contribution in [0.4, 0.5) is 5.69 Å². The van der Waals surface area contributed by atoms with Crippen molar-refractivity contribution >= 4 is 84.5 Å². The number of aliphatic carboxylic acids is 1. The number of benzene rings is 1. The van der Waals surface area contributed by atoms with Crippen LogP contribution in [0.5, 0.6) is 0 Å². The summed E-state index contributed by atoms with van der Waals surface area (Å²) in [6.07, 6.45) is 5.06. The number of carboxylic acid groups (broad SMARTS) is 1. The van der Waals surface area contributed by atoms with Gasteiger partial charge in [0.05, 0.1) is 16.0 Å². The first-order chi connectivity index (χ1) is 17.1. The first-order valence-electron chi connectivity index (χ1n) is 10.9. The molecule has 0 saturated carbocycles. The van der Waals surface area contributed by atoms with Gasteiger partial charge in [0.1, 0.15) is 16.1 Å². The van der Waals surface area contributed by atoms with Gasteiger partial charge in [-0.05, 0) is 30.7 Å². The maximum absolute atomic E-state index is 12.9. The highest BCUT2D eigenvalue weighted by molar-refractivity contribution is 8.27. The van der Waals surface area contributed by atoms with Crippen molar-refractivity contribution in [2.75, 3.05) is 36.0 Å². The number of carbonyl (C=O) groups is 2. The Balaban J connectivity index is 1.91. The fourth-order valence-electron chi connectivity index (χ4n) is 3.48. The van der Waals surface area contributed by atoms with Gasteiger partial charge in [-0.3, -0.25) is 19.0 Å². The molecule has 1 aromatic carbocycles. The van der Waals surface area contributed by atoms with Gasteiger partial charge >= 0.3 is 5.97 Å². The van der Waals surface area contributed by atoms with Gasteiger partial charge in [0.25, 0.3) is 11.5 Å². The van der Waals surface area contributed by atoms with Crippen molar-refractivity contribution in [1.29, 1.82) is 0 Å². The molecule has 1 aromatic heterocycles. The third-order valence-electron chi connectivity index (χ3n) is 5.24. The molecule has 1 saturated heterocycles. The van der Waals surface area contributed by atoms with Crippen LogP contribution in [0.1, 0.15) is 12.5 Å². The first-order valence-corrected chi connectivity index (χ1v) is 14.9. The maximum atomic E-state index is 12.9. The van der Waals surface area contributed by atoms with E-state index in [9.17, 15) is 27.9 Å². The van der Waals surface area contributed by atoms with E-state index < -0.39 is 33.8 Å². The standard InChI is InChI=1S/C23H25N3O6S4/c1-2-24-21(29)20(34-15-33)23-26(14-19(27)28)22(30)18(35-23)5-3-4-16-6-8-17(9-7-16)25-10-12-36(31,32)13-11-25/h3-9,15H,2,10-14H2,1H3,(H,24,29)(H,27,28)/b4-3+,18-5+,23-20+. The molecule has 0 atom stereocenters. The van der Waals surface area contributed by atoms with E-state index in [0.717, 1.165) is 38.9 Å². The monoisotopic (exact) mass is 567 g/mol. The maximum Gasteiger partial charge on any atom is 0.323 e. The quantitative estimate of drug-likeness (QED) is 0.420. The number of rotatable bonds is 9. The van der Waals surface area contributed by atoms with E-state index in [2.05, 4.69) is 5.32 Å². The second-order valence-electron chi connectivity index (χ2n) is 7.72. The number of anilines is 1. The lowest BCUT2D eigenvalue weighted by Gasteiger charge is -2.28. The number of carbonyl (C=O) groups excluding carboxylic acids is 1. The van der Waals surface area contributed by atoms with Crippen molar-refractivity contribution in [2.24, 2.45) is 0 Å². The molecule has 36 heavy (non-hydrogen) atoms. The van der Waals surface area contributed by atoms with Crippen molar-refractivity contribution in [3.63, 3.8) is 0 Å². The number of amides is 1. The van der Waals surface area contributed by atoms with Gasteiger partial charge in [0.15, 0.2) is 9.84 Å². The smallest absolute Gasteiger partial charge is 0.323 e. The Morgan fingerprint density at radius 3 is 2.47 bits per heavy atom. The number of nitrogens with zero attached hydrogens (tertiary/aromatic N) is 2. The topological polar surface area (TPSA) is 126 Å². The summed E-state index contributed by atoms with van der Waals surface area (Å²) in [5.41, 5.74) is 1.30. The van der Waals surface area contributed by atoms with Gasteiger partial charge in [-0.1, -0.05) is 48.3 Å². The molecule has 2 aromatic rings. The molecule has 1 amide bonds. The molecule has 9 nitrogen and oxygen atoms in total. The molecule has 13 heteroatoms. The number of nitrogens with one attached hydrogen (secondary N) is 1. The Kier molecular flexibility index (Phi) is 9.65. The van der Waals surface area contributed by atoms with Crippen LogP contribution in [0.15, 0.2) is 35.1 Å². The van der Waals surface area contributed by atoms with Crippen LogP contribution in [-0.2, 0) is 26.0 Å². The average Bonchev–Trinajstić information content (AvgIpc) is 3.12. The second kappa shape index (κ2) is 12.5. The number of thiocarbonyl (C=S) groups is 1. The first kappa shape index (κ1) is 27.8. The molecule has 2 N–H and O–H groups in total. The largest absolute Gasteiger partial charge is 0.480 e. The minimum Gasteiger partial charge on any atom is -0.480 e. The highest BCUT2D eigenvalue weighted by atomic mass is 32.2. The van der Waals surface area contributed by atoms with Gasteiger partial charge in [-0.15, -0.1) is 11.3 Å². The van der Waals surface area contributed by atoms with E-state index in [4.69, 9.17) is 12.2 Å². The SMILES string of the molecule is CCNC(=O)/C(SC=S)=c1\s/c(=C/C=C/c2ccc(N3CCS(=O)(=O)CC3)cc2)c(=O)n1CC(=O)O. The van der Waals surface area contributed by atoms with E-state index in [1.165, 1.54) is 4.70 Å². The number of aromatic nitrogens is 1. The van der Waals surface area contributed by atoms with Crippen LogP contribution < -0.4 is 25.0 Å². The fraction of sp³-hybridized carbons (Fsp3) is 0.304. The van der Waals surface area contributed by atoms with E-state index in [1.807, 2.05) is 29.2 Å². The zero-order valence-electron chi connectivity index (χ0n) is 19.4. The van der Waals surface area contributed by atoms with Crippen molar-refractivity contribution in [3.05, 3.63) is 55.5 Å². The Hall–Kier alpha value is -2.74. The third kappa shape index (κ3) is 7.15. The summed E-state index contributed by atoms with van der Waals surface area (Å²) >= 11 is 6.86.